The molecule has 4 heterocycles. The molecule has 0 aliphatic heterocycles. The van der Waals surface area contributed by atoms with Crippen LogP contribution in [0.3, 0.4) is 0 Å². The molecule has 0 aromatic carbocycles. The van der Waals surface area contributed by atoms with E-state index in [1.165, 1.54) is 11.3 Å². The molecule has 0 spiro atoms. The second-order valence-corrected chi connectivity index (χ2v) is 6.34. The van der Waals surface area contributed by atoms with Crippen LogP contribution < -0.4 is 0 Å². The van der Waals surface area contributed by atoms with E-state index in [1.807, 2.05) is 6.92 Å². The molecule has 0 atom stereocenters. The van der Waals surface area contributed by atoms with E-state index in [-0.39, 0.29) is 0 Å². The summed E-state index contributed by atoms with van der Waals surface area (Å²) in [6.07, 6.45) is 1.55. The fourth-order valence-electron chi connectivity index (χ4n) is 2.08. The predicted molar refractivity (Wildman–Crippen MR) is 83.2 cm³/mol. The molecule has 0 amide bonds. The van der Waals surface area contributed by atoms with Crippen molar-refractivity contribution in [1.29, 1.82) is 0 Å². The molecule has 4 aromatic rings. The van der Waals surface area contributed by atoms with Gasteiger partial charge in [0.1, 0.15) is 11.4 Å². The average molecular weight is 355 g/mol. The van der Waals surface area contributed by atoms with Gasteiger partial charge in [0.25, 0.3) is 0 Å². The predicted octanol–water partition coefficient (Wildman–Crippen LogP) is 2.59. The molecule has 4 rings (SSSR count). The first kappa shape index (κ1) is 13.7. The number of rotatable bonds is 2. The second kappa shape index (κ2) is 4.77. The number of halogens is 2. The van der Waals surface area contributed by atoms with E-state index in [0.717, 1.165) is 5.69 Å². The molecule has 4 aromatic heterocycles. The zero-order valence-electron chi connectivity index (χ0n) is 11.4. The zero-order chi connectivity index (χ0) is 15.4. The summed E-state index contributed by atoms with van der Waals surface area (Å²) in [7, 11) is 1.78. The standard InChI is InChI=1S/C11H8Cl2N8S/c1-4-6(13)7(16-15-4)10-19-21-9(17-18-11(21)22-10)8-5(12)3-14-20(8)2/h3H,1-2H3,(H,15,16). The fourth-order valence-corrected chi connectivity index (χ4v) is 3.40. The Bertz CT molecular complexity index is 974. The molecule has 0 radical (unpaired) electrons. The molecule has 0 bridgehead atoms. The summed E-state index contributed by atoms with van der Waals surface area (Å²) in [5.41, 5.74) is 2.03. The first-order chi connectivity index (χ1) is 10.6. The highest BCUT2D eigenvalue weighted by Crippen LogP contribution is 2.33. The van der Waals surface area contributed by atoms with Crippen molar-refractivity contribution in [3.8, 4) is 22.2 Å². The van der Waals surface area contributed by atoms with Gasteiger partial charge in [0.2, 0.25) is 10.8 Å². The summed E-state index contributed by atoms with van der Waals surface area (Å²) in [5.74, 6) is 0.519. The normalized spacial score (nSPS) is 11.6. The molecule has 1 N–H and O–H groups in total. The number of hydrogen-bond acceptors (Lipinski definition) is 6. The van der Waals surface area contributed by atoms with Crippen LogP contribution in [0.2, 0.25) is 10.0 Å². The first-order valence-electron chi connectivity index (χ1n) is 6.17. The summed E-state index contributed by atoms with van der Waals surface area (Å²) < 4.78 is 3.24. The van der Waals surface area contributed by atoms with Gasteiger partial charge in [0.15, 0.2) is 5.01 Å². The third-order valence-corrected chi connectivity index (χ3v) is 4.82. The SMILES string of the molecule is Cc1[nH]nc(-c2nn3c(-c4c(Cl)cnn4C)nnc3s2)c1Cl. The molecule has 22 heavy (non-hydrogen) atoms. The Morgan fingerprint density at radius 2 is 2.09 bits per heavy atom. The van der Waals surface area contributed by atoms with Gasteiger partial charge in [0.05, 0.1) is 21.9 Å². The van der Waals surface area contributed by atoms with Gasteiger partial charge in [0, 0.05) is 7.05 Å². The lowest BCUT2D eigenvalue weighted by atomic mass is 10.4. The summed E-state index contributed by atoms with van der Waals surface area (Å²) in [5, 5.41) is 25.6. The molecule has 11 heteroatoms. The van der Waals surface area contributed by atoms with Gasteiger partial charge in [-0.25, -0.2) is 0 Å². The smallest absolute Gasteiger partial charge is 0.235 e. The number of fused-ring (bicyclic) bond motifs is 1. The van der Waals surface area contributed by atoms with Crippen LogP contribution in [0, 0.1) is 6.92 Å². The molecular formula is C11H8Cl2N8S. The number of aromatic amines is 1. The number of hydrogen-bond donors (Lipinski definition) is 1. The molecular weight excluding hydrogens is 347 g/mol. The van der Waals surface area contributed by atoms with Crippen LogP contribution in [0.4, 0.5) is 0 Å². The lowest BCUT2D eigenvalue weighted by molar-refractivity contribution is 0.764. The highest BCUT2D eigenvalue weighted by molar-refractivity contribution is 7.19. The van der Waals surface area contributed by atoms with Gasteiger partial charge in [-0.15, -0.1) is 10.2 Å². The summed E-state index contributed by atoms with van der Waals surface area (Å²) in [4.78, 5) is 0.624. The minimum atomic E-state index is 0.486. The van der Waals surface area contributed by atoms with Gasteiger partial charge < -0.3 is 0 Å². The Balaban J connectivity index is 1.92. The van der Waals surface area contributed by atoms with Gasteiger partial charge in [-0.05, 0) is 6.92 Å². The fraction of sp³-hybridized carbons (Fsp3) is 0.182. The van der Waals surface area contributed by atoms with Crippen LogP contribution in [0.1, 0.15) is 5.69 Å². The van der Waals surface area contributed by atoms with Crippen molar-refractivity contribution in [2.75, 3.05) is 0 Å². The van der Waals surface area contributed by atoms with E-state index >= 15 is 0 Å². The summed E-state index contributed by atoms with van der Waals surface area (Å²) in [6, 6.07) is 0. The van der Waals surface area contributed by atoms with Crippen molar-refractivity contribution >= 4 is 39.5 Å². The summed E-state index contributed by atoms with van der Waals surface area (Å²) >= 11 is 13.7. The number of aryl methyl sites for hydroxylation is 2. The maximum atomic E-state index is 6.22. The van der Waals surface area contributed by atoms with E-state index < -0.39 is 0 Å². The highest BCUT2D eigenvalue weighted by atomic mass is 35.5. The maximum Gasteiger partial charge on any atom is 0.235 e. The lowest BCUT2D eigenvalue weighted by Gasteiger charge is -1.98. The van der Waals surface area contributed by atoms with Crippen LogP contribution in [-0.4, -0.2) is 39.8 Å². The molecule has 0 saturated carbocycles. The third-order valence-electron chi connectivity index (χ3n) is 3.17. The van der Waals surface area contributed by atoms with E-state index in [1.54, 1.807) is 22.4 Å². The maximum absolute atomic E-state index is 6.22. The minimum absolute atomic E-state index is 0.486. The van der Waals surface area contributed by atoms with Crippen LogP contribution in [0.5, 0.6) is 0 Å². The number of H-pyrrole nitrogens is 1. The Kier molecular flexibility index (Phi) is 2.96. The third kappa shape index (κ3) is 1.86. The zero-order valence-corrected chi connectivity index (χ0v) is 13.7. The topological polar surface area (TPSA) is 89.6 Å². The van der Waals surface area contributed by atoms with Crippen molar-refractivity contribution in [2.24, 2.45) is 7.05 Å². The van der Waals surface area contributed by atoms with Gasteiger partial charge in [-0.1, -0.05) is 34.5 Å². The van der Waals surface area contributed by atoms with Crippen molar-refractivity contribution in [3.05, 3.63) is 21.9 Å². The molecule has 0 aliphatic rings. The molecule has 0 fully saturated rings. The highest BCUT2D eigenvalue weighted by Gasteiger charge is 2.21. The molecule has 112 valence electrons. The van der Waals surface area contributed by atoms with Crippen molar-refractivity contribution in [1.82, 2.24) is 39.8 Å². The van der Waals surface area contributed by atoms with Crippen LogP contribution in [0.15, 0.2) is 6.20 Å². The Hall–Kier alpha value is -1.97. The molecule has 0 aliphatic carbocycles. The van der Waals surface area contributed by atoms with Crippen molar-refractivity contribution in [3.63, 3.8) is 0 Å². The average Bonchev–Trinajstić information content (AvgIpc) is 3.19. The van der Waals surface area contributed by atoms with Crippen molar-refractivity contribution < 1.29 is 0 Å². The molecule has 0 unspecified atom stereocenters. The van der Waals surface area contributed by atoms with Gasteiger partial charge in [-0.2, -0.15) is 19.8 Å². The largest absolute Gasteiger partial charge is 0.281 e. The number of aromatic nitrogens is 8. The molecule has 0 saturated heterocycles. The number of nitrogens with one attached hydrogen (secondary N) is 1. The monoisotopic (exact) mass is 354 g/mol. The lowest BCUT2D eigenvalue weighted by Crippen LogP contribution is -1.99. The van der Waals surface area contributed by atoms with Gasteiger partial charge in [-0.3, -0.25) is 9.78 Å². The Morgan fingerprint density at radius 3 is 2.73 bits per heavy atom. The van der Waals surface area contributed by atoms with Gasteiger partial charge >= 0.3 is 0 Å². The second-order valence-electron chi connectivity index (χ2n) is 4.60. The number of nitrogens with zero attached hydrogens (tertiary/aromatic N) is 7. The summed E-state index contributed by atoms with van der Waals surface area (Å²) in [6.45, 7) is 1.85. The first-order valence-corrected chi connectivity index (χ1v) is 7.74. The molecule has 8 nitrogen and oxygen atoms in total. The van der Waals surface area contributed by atoms with Crippen LogP contribution in [-0.2, 0) is 7.05 Å². The quantitative estimate of drug-likeness (QED) is 0.597. The van der Waals surface area contributed by atoms with E-state index in [2.05, 4.69) is 30.6 Å². The minimum Gasteiger partial charge on any atom is -0.281 e. The van der Waals surface area contributed by atoms with E-state index in [4.69, 9.17) is 23.2 Å². The Morgan fingerprint density at radius 1 is 1.27 bits per heavy atom. The van der Waals surface area contributed by atoms with Crippen LogP contribution >= 0.6 is 34.5 Å². The van der Waals surface area contributed by atoms with Crippen molar-refractivity contribution in [2.45, 2.75) is 6.92 Å². The van der Waals surface area contributed by atoms with E-state index in [0.29, 0.717) is 37.2 Å². The van der Waals surface area contributed by atoms with E-state index in [9.17, 15) is 0 Å². The Labute approximate surface area is 137 Å². The van der Waals surface area contributed by atoms with Crippen LogP contribution in [0.25, 0.3) is 27.2 Å².